The molecular formula is C17H16N2O5. The van der Waals surface area contributed by atoms with Crippen LogP contribution in [0.1, 0.15) is 23.0 Å². The number of carbonyl (C=O) groups excluding carboxylic acids is 2. The lowest BCUT2D eigenvalue weighted by Gasteiger charge is -2.13. The predicted molar refractivity (Wildman–Crippen MR) is 85.8 cm³/mol. The van der Waals surface area contributed by atoms with Gasteiger partial charge in [0.1, 0.15) is 11.7 Å². The average molecular weight is 328 g/mol. The molecule has 0 saturated carbocycles. The Labute approximate surface area is 138 Å². The van der Waals surface area contributed by atoms with Crippen molar-refractivity contribution in [2.75, 3.05) is 0 Å². The first-order valence-corrected chi connectivity index (χ1v) is 7.12. The van der Waals surface area contributed by atoms with E-state index in [1.807, 2.05) is 6.07 Å². The number of carboxylic acids is 1. The Morgan fingerprint density at radius 2 is 1.83 bits per heavy atom. The molecule has 7 nitrogen and oxygen atoms in total. The molecule has 1 aromatic carbocycles. The Balaban J connectivity index is 2.24. The predicted octanol–water partition coefficient (Wildman–Crippen LogP) is 1.64. The summed E-state index contributed by atoms with van der Waals surface area (Å²) in [6, 6.07) is 10.7. The summed E-state index contributed by atoms with van der Waals surface area (Å²) in [5.74, 6) is -2.47. The van der Waals surface area contributed by atoms with Gasteiger partial charge in [0.15, 0.2) is 5.76 Å². The summed E-state index contributed by atoms with van der Waals surface area (Å²) in [7, 11) is 0. The van der Waals surface area contributed by atoms with Gasteiger partial charge in [-0.2, -0.15) is 0 Å². The highest BCUT2D eigenvalue weighted by atomic mass is 16.4. The standard InChI is InChI=1S/C17H16N2O5/c1-11(17(22)23)18-15(20)13(10-12-6-3-2-4-7-12)19-16(21)14-8-5-9-24-14/h2-11H,1H3,(H,18,20)(H,19,21)(H,22,23)/b13-10-. The Morgan fingerprint density at radius 1 is 1.12 bits per heavy atom. The van der Waals surface area contributed by atoms with E-state index in [9.17, 15) is 14.4 Å². The van der Waals surface area contributed by atoms with E-state index in [1.54, 1.807) is 30.3 Å². The lowest BCUT2D eigenvalue weighted by Crippen LogP contribution is -2.42. The molecule has 3 N–H and O–H groups in total. The van der Waals surface area contributed by atoms with Crippen LogP contribution in [0.2, 0.25) is 0 Å². The molecule has 2 aromatic rings. The summed E-state index contributed by atoms with van der Waals surface area (Å²) in [6.07, 6.45) is 2.78. The van der Waals surface area contributed by atoms with Crippen LogP contribution in [0.15, 0.2) is 58.8 Å². The van der Waals surface area contributed by atoms with Crippen molar-refractivity contribution in [3.8, 4) is 0 Å². The molecule has 1 atom stereocenters. The quantitative estimate of drug-likeness (QED) is 0.699. The van der Waals surface area contributed by atoms with Crippen LogP contribution < -0.4 is 10.6 Å². The molecule has 0 fully saturated rings. The minimum Gasteiger partial charge on any atom is -0.480 e. The van der Waals surface area contributed by atoms with Crippen LogP contribution in [0, 0.1) is 0 Å². The number of carboxylic acid groups (broad SMARTS) is 1. The maximum absolute atomic E-state index is 12.3. The molecule has 2 rings (SSSR count). The van der Waals surface area contributed by atoms with E-state index in [4.69, 9.17) is 9.52 Å². The largest absolute Gasteiger partial charge is 0.480 e. The molecule has 0 bridgehead atoms. The molecule has 2 amide bonds. The van der Waals surface area contributed by atoms with Gasteiger partial charge >= 0.3 is 5.97 Å². The van der Waals surface area contributed by atoms with E-state index >= 15 is 0 Å². The number of rotatable bonds is 6. The summed E-state index contributed by atoms with van der Waals surface area (Å²) >= 11 is 0. The number of hydrogen-bond acceptors (Lipinski definition) is 4. The van der Waals surface area contributed by atoms with E-state index in [1.165, 1.54) is 25.3 Å². The van der Waals surface area contributed by atoms with Crippen molar-refractivity contribution < 1.29 is 23.9 Å². The molecule has 0 radical (unpaired) electrons. The topological polar surface area (TPSA) is 109 Å². The van der Waals surface area contributed by atoms with Crippen molar-refractivity contribution in [2.24, 2.45) is 0 Å². The van der Waals surface area contributed by atoms with E-state index in [-0.39, 0.29) is 11.5 Å². The summed E-state index contributed by atoms with van der Waals surface area (Å²) in [5, 5.41) is 13.6. The van der Waals surface area contributed by atoms with Gasteiger partial charge in [-0.3, -0.25) is 14.4 Å². The van der Waals surface area contributed by atoms with Gasteiger partial charge in [-0.1, -0.05) is 30.3 Å². The van der Waals surface area contributed by atoms with Crippen LogP contribution in [0.5, 0.6) is 0 Å². The van der Waals surface area contributed by atoms with Gasteiger partial charge in [0.25, 0.3) is 11.8 Å². The molecular weight excluding hydrogens is 312 g/mol. The monoisotopic (exact) mass is 328 g/mol. The Kier molecular flexibility index (Phi) is 5.51. The molecule has 7 heteroatoms. The molecule has 0 aliphatic rings. The Bertz CT molecular complexity index is 751. The van der Waals surface area contributed by atoms with Gasteiger partial charge < -0.3 is 20.2 Å². The fraction of sp³-hybridized carbons (Fsp3) is 0.118. The van der Waals surface area contributed by atoms with Crippen LogP contribution in [-0.4, -0.2) is 28.9 Å². The third-order valence-corrected chi connectivity index (χ3v) is 3.07. The molecule has 0 saturated heterocycles. The van der Waals surface area contributed by atoms with Crippen molar-refractivity contribution in [1.29, 1.82) is 0 Å². The third-order valence-electron chi connectivity index (χ3n) is 3.07. The number of benzene rings is 1. The van der Waals surface area contributed by atoms with E-state index in [2.05, 4.69) is 10.6 Å². The van der Waals surface area contributed by atoms with Crippen LogP contribution in [0.4, 0.5) is 0 Å². The fourth-order valence-corrected chi connectivity index (χ4v) is 1.80. The molecule has 0 aliphatic carbocycles. The van der Waals surface area contributed by atoms with Crippen molar-refractivity contribution in [2.45, 2.75) is 13.0 Å². The van der Waals surface area contributed by atoms with Crippen LogP contribution in [0.3, 0.4) is 0 Å². The highest BCUT2D eigenvalue weighted by Crippen LogP contribution is 2.07. The lowest BCUT2D eigenvalue weighted by atomic mass is 10.2. The Hall–Kier alpha value is -3.35. The molecule has 0 aliphatic heterocycles. The molecule has 1 unspecified atom stereocenters. The second-order valence-electron chi connectivity index (χ2n) is 4.93. The summed E-state index contributed by atoms with van der Waals surface area (Å²) < 4.78 is 4.98. The zero-order valence-electron chi connectivity index (χ0n) is 12.9. The highest BCUT2D eigenvalue weighted by Gasteiger charge is 2.20. The normalized spacial score (nSPS) is 12.3. The number of aliphatic carboxylic acids is 1. The first-order valence-electron chi connectivity index (χ1n) is 7.12. The maximum atomic E-state index is 12.3. The summed E-state index contributed by atoms with van der Waals surface area (Å²) in [5.41, 5.74) is 0.584. The van der Waals surface area contributed by atoms with Crippen LogP contribution >= 0.6 is 0 Å². The molecule has 24 heavy (non-hydrogen) atoms. The number of amides is 2. The van der Waals surface area contributed by atoms with Crippen molar-refractivity contribution in [3.63, 3.8) is 0 Å². The van der Waals surface area contributed by atoms with Gasteiger partial charge in [-0.25, -0.2) is 0 Å². The van der Waals surface area contributed by atoms with E-state index in [0.717, 1.165) is 0 Å². The fourth-order valence-electron chi connectivity index (χ4n) is 1.80. The van der Waals surface area contributed by atoms with Gasteiger partial charge in [-0.05, 0) is 30.7 Å². The number of furan rings is 1. The SMILES string of the molecule is CC(NC(=O)/C(=C/c1ccccc1)NC(=O)c1ccco1)C(=O)O. The average Bonchev–Trinajstić information content (AvgIpc) is 3.09. The van der Waals surface area contributed by atoms with Crippen molar-refractivity contribution in [3.05, 3.63) is 65.7 Å². The molecule has 0 spiro atoms. The second kappa shape index (κ2) is 7.77. The molecule has 1 heterocycles. The van der Waals surface area contributed by atoms with Crippen molar-refractivity contribution in [1.82, 2.24) is 10.6 Å². The van der Waals surface area contributed by atoms with E-state index in [0.29, 0.717) is 5.56 Å². The van der Waals surface area contributed by atoms with Gasteiger partial charge in [-0.15, -0.1) is 0 Å². The van der Waals surface area contributed by atoms with Gasteiger partial charge in [0.2, 0.25) is 0 Å². The smallest absolute Gasteiger partial charge is 0.325 e. The third kappa shape index (κ3) is 4.57. The second-order valence-corrected chi connectivity index (χ2v) is 4.93. The first kappa shape index (κ1) is 17.0. The number of hydrogen-bond donors (Lipinski definition) is 3. The van der Waals surface area contributed by atoms with Crippen LogP contribution in [-0.2, 0) is 9.59 Å². The summed E-state index contributed by atoms with van der Waals surface area (Å²) in [6.45, 7) is 1.33. The molecule has 124 valence electrons. The van der Waals surface area contributed by atoms with E-state index < -0.39 is 23.8 Å². The lowest BCUT2D eigenvalue weighted by molar-refractivity contribution is -0.140. The molecule has 1 aromatic heterocycles. The highest BCUT2D eigenvalue weighted by molar-refractivity contribution is 6.05. The maximum Gasteiger partial charge on any atom is 0.325 e. The zero-order chi connectivity index (χ0) is 17.5. The van der Waals surface area contributed by atoms with Gasteiger partial charge in [0.05, 0.1) is 6.26 Å². The van der Waals surface area contributed by atoms with Gasteiger partial charge in [0, 0.05) is 0 Å². The minimum atomic E-state index is -1.18. The zero-order valence-corrected chi connectivity index (χ0v) is 12.9. The number of carbonyl (C=O) groups is 3. The minimum absolute atomic E-state index is 0.0352. The first-order chi connectivity index (χ1) is 11.5. The van der Waals surface area contributed by atoms with Crippen molar-refractivity contribution >= 4 is 23.9 Å². The van der Waals surface area contributed by atoms with Crippen LogP contribution in [0.25, 0.3) is 6.08 Å². The summed E-state index contributed by atoms with van der Waals surface area (Å²) in [4.78, 5) is 35.3. The number of nitrogens with one attached hydrogen (secondary N) is 2. The Morgan fingerprint density at radius 3 is 2.42 bits per heavy atom.